The van der Waals surface area contributed by atoms with Gasteiger partial charge >= 0.3 is 0 Å². The second kappa shape index (κ2) is 4.87. The lowest BCUT2D eigenvalue weighted by atomic mass is 9.92. The van der Waals surface area contributed by atoms with Crippen LogP contribution in [0.1, 0.15) is 32.0 Å². The van der Waals surface area contributed by atoms with Crippen LogP contribution < -0.4 is 10.5 Å². The zero-order valence-corrected chi connectivity index (χ0v) is 11.7. The molecule has 102 valence electrons. The first-order valence-electron chi connectivity index (χ1n) is 6.11. The molecule has 2 aromatic rings. The van der Waals surface area contributed by atoms with Crippen LogP contribution in [0.3, 0.4) is 0 Å². The highest BCUT2D eigenvalue weighted by molar-refractivity contribution is 5.38. The van der Waals surface area contributed by atoms with Gasteiger partial charge in [0.1, 0.15) is 0 Å². The number of ether oxygens (including phenoxy) is 1. The summed E-state index contributed by atoms with van der Waals surface area (Å²) in [6, 6.07) is 3.82. The average Bonchev–Trinajstić information content (AvgIpc) is 2.71. The van der Waals surface area contributed by atoms with Crippen LogP contribution in [-0.4, -0.2) is 27.1 Å². The highest BCUT2D eigenvalue weighted by Crippen LogP contribution is 2.27. The van der Waals surface area contributed by atoms with Crippen molar-refractivity contribution in [1.29, 1.82) is 0 Å². The van der Waals surface area contributed by atoms with Gasteiger partial charge in [-0.25, -0.2) is 9.67 Å². The van der Waals surface area contributed by atoms with E-state index in [1.54, 1.807) is 18.0 Å². The minimum absolute atomic E-state index is 0.122. The van der Waals surface area contributed by atoms with Crippen LogP contribution in [0.4, 0.5) is 5.82 Å². The van der Waals surface area contributed by atoms with Crippen molar-refractivity contribution >= 4 is 5.82 Å². The van der Waals surface area contributed by atoms with Gasteiger partial charge in [0.2, 0.25) is 5.88 Å². The maximum atomic E-state index is 5.91. The van der Waals surface area contributed by atoms with Gasteiger partial charge in [0.15, 0.2) is 5.82 Å². The molecule has 2 rings (SSSR count). The summed E-state index contributed by atoms with van der Waals surface area (Å²) >= 11 is 0. The second-order valence-electron chi connectivity index (χ2n) is 5.40. The molecule has 2 heterocycles. The third-order valence-electron chi connectivity index (χ3n) is 2.83. The van der Waals surface area contributed by atoms with Crippen molar-refractivity contribution in [2.45, 2.75) is 32.7 Å². The van der Waals surface area contributed by atoms with Gasteiger partial charge in [0.05, 0.1) is 19.3 Å². The Kier molecular flexibility index (Phi) is 3.42. The molecule has 0 spiro atoms. The van der Waals surface area contributed by atoms with Crippen LogP contribution in [0.15, 0.2) is 18.3 Å². The molecule has 0 aliphatic carbocycles. The van der Waals surface area contributed by atoms with Crippen LogP contribution in [0.5, 0.6) is 5.88 Å². The maximum Gasteiger partial charge on any atom is 0.218 e. The molecule has 0 fully saturated rings. The van der Waals surface area contributed by atoms with Gasteiger partial charge in [-0.15, -0.1) is 5.10 Å². The standard InChI is InChI=1S/C13H19N5O/c1-13(2,3)10-11(14)16-17-18(10)8-9-6-5-7-15-12(9)19-4/h5-7H,8,14H2,1-4H3. The first kappa shape index (κ1) is 13.3. The van der Waals surface area contributed by atoms with Crippen LogP contribution >= 0.6 is 0 Å². The van der Waals surface area contributed by atoms with Crippen LogP contribution in [0.2, 0.25) is 0 Å². The summed E-state index contributed by atoms with van der Waals surface area (Å²) in [6.07, 6.45) is 1.70. The lowest BCUT2D eigenvalue weighted by molar-refractivity contribution is 0.388. The number of hydrogen-bond acceptors (Lipinski definition) is 5. The summed E-state index contributed by atoms with van der Waals surface area (Å²) in [5, 5.41) is 8.08. The second-order valence-corrected chi connectivity index (χ2v) is 5.40. The van der Waals surface area contributed by atoms with Crippen LogP contribution in [-0.2, 0) is 12.0 Å². The van der Waals surface area contributed by atoms with Gasteiger partial charge in [-0.1, -0.05) is 32.1 Å². The Bertz CT molecular complexity index is 571. The van der Waals surface area contributed by atoms with Crippen molar-refractivity contribution in [2.24, 2.45) is 0 Å². The van der Waals surface area contributed by atoms with Crippen molar-refractivity contribution < 1.29 is 4.74 Å². The van der Waals surface area contributed by atoms with E-state index in [0.29, 0.717) is 18.2 Å². The fourth-order valence-corrected chi connectivity index (χ4v) is 2.10. The number of anilines is 1. The van der Waals surface area contributed by atoms with E-state index in [2.05, 4.69) is 36.1 Å². The molecule has 2 N–H and O–H groups in total. The third-order valence-corrected chi connectivity index (χ3v) is 2.83. The number of methoxy groups -OCH3 is 1. The fraction of sp³-hybridized carbons (Fsp3) is 0.462. The smallest absolute Gasteiger partial charge is 0.218 e. The van der Waals surface area contributed by atoms with Crippen molar-refractivity contribution in [3.05, 3.63) is 29.6 Å². The minimum Gasteiger partial charge on any atom is -0.481 e. The summed E-state index contributed by atoms with van der Waals surface area (Å²) < 4.78 is 7.05. The van der Waals surface area contributed by atoms with E-state index < -0.39 is 0 Å². The number of nitrogen functional groups attached to an aromatic ring is 1. The van der Waals surface area contributed by atoms with Gasteiger partial charge in [0, 0.05) is 17.2 Å². The van der Waals surface area contributed by atoms with E-state index in [-0.39, 0.29) is 5.41 Å². The predicted molar refractivity (Wildman–Crippen MR) is 73.0 cm³/mol. The average molecular weight is 261 g/mol. The molecular formula is C13H19N5O. The predicted octanol–water partition coefficient (Wildman–Crippen LogP) is 1.61. The van der Waals surface area contributed by atoms with E-state index in [9.17, 15) is 0 Å². The normalized spacial score (nSPS) is 11.6. The Morgan fingerprint density at radius 1 is 1.37 bits per heavy atom. The van der Waals surface area contributed by atoms with E-state index in [1.807, 2.05) is 12.1 Å². The lowest BCUT2D eigenvalue weighted by Crippen LogP contribution is -2.20. The number of nitrogens with two attached hydrogens (primary N) is 1. The SMILES string of the molecule is COc1ncccc1Cn1nnc(N)c1C(C)(C)C. The Balaban J connectivity index is 2.39. The molecular weight excluding hydrogens is 242 g/mol. The van der Waals surface area contributed by atoms with Gasteiger partial charge in [-0.3, -0.25) is 0 Å². The Labute approximate surface area is 112 Å². The Morgan fingerprint density at radius 3 is 2.74 bits per heavy atom. The van der Waals surface area contributed by atoms with Crippen LogP contribution in [0, 0.1) is 0 Å². The Hall–Kier alpha value is -2.11. The maximum absolute atomic E-state index is 5.91. The van der Waals surface area contributed by atoms with Gasteiger partial charge in [-0.2, -0.15) is 0 Å². The molecule has 2 aromatic heterocycles. The molecule has 0 saturated heterocycles. The zero-order valence-electron chi connectivity index (χ0n) is 11.7. The molecule has 0 amide bonds. The van der Waals surface area contributed by atoms with Gasteiger partial charge in [0.25, 0.3) is 0 Å². The lowest BCUT2D eigenvalue weighted by Gasteiger charge is -2.20. The van der Waals surface area contributed by atoms with Gasteiger partial charge in [-0.05, 0) is 6.07 Å². The largest absolute Gasteiger partial charge is 0.481 e. The molecule has 6 heteroatoms. The van der Waals surface area contributed by atoms with Crippen molar-refractivity contribution in [2.75, 3.05) is 12.8 Å². The first-order chi connectivity index (χ1) is 8.93. The van der Waals surface area contributed by atoms with Crippen molar-refractivity contribution in [3.63, 3.8) is 0 Å². The number of nitrogens with zero attached hydrogens (tertiary/aromatic N) is 4. The zero-order chi connectivity index (χ0) is 14.0. The number of rotatable bonds is 3. The Morgan fingerprint density at radius 2 is 2.11 bits per heavy atom. The summed E-state index contributed by atoms with van der Waals surface area (Å²) in [5.74, 6) is 1.06. The van der Waals surface area contributed by atoms with Crippen molar-refractivity contribution in [1.82, 2.24) is 20.0 Å². The highest BCUT2D eigenvalue weighted by Gasteiger charge is 2.24. The molecule has 0 aromatic carbocycles. The van der Waals surface area contributed by atoms with Gasteiger partial charge < -0.3 is 10.5 Å². The monoisotopic (exact) mass is 261 g/mol. The van der Waals surface area contributed by atoms with Crippen molar-refractivity contribution in [3.8, 4) is 5.88 Å². The number of hydrogen-bond donors (Lipinski definition) is 1. The molecule has 0 aliphatic rings. The summed E-state index contributed by atoms with van der Waals surface area (Å²) in [6.45, 7) is 6.78. The van der Waals surface area contributed by atoms with Crippen LogP contribution in [0.25, 0.3) is 0 Å². The third kappa shape index (κ3) is 2.67. The molecule has 6 nitrogen and oxygen atoms in total. The minimum atomic E-state index is -0.122. The quantitative estimate of drug-likeness (QED) is 0.908. The molecule has 0 bridgehead atoms. The van der Waals surface area contributed by atoms with E-state index in [4.69, 9.17) is 10.5 Å². The van der Waals surface area contributed by atoms with E-state index in [0.717, 1.165) is 11.3 Å². The summed E-state index contributed by atoms with van der Waals surface area (Å²) in [5.41, 5.74) is 7.65. The van der Waals surface area contributed by atoms with E-state index in [1.165, 1.54) is 0 Å². The van der Waals surface area contributed by atoms with E-state index >= 15 is 0 Å². The molecule has 19 heavy (non-hydrogen) atoms. The molecule has 0 aliphatic heterocycles. The number of aromatic nitrogens is 4. The molecule has 0 atom stereocenters. The summed E-state index contributed by atoms with van der Waals surface area (Å²) in [7, 11) is 1.60. The first-order valence-corrected chi connectivity index (χ1v) is 6.11. The molecule has 0 radical (unpaired) electrons. The summed E-state index contributed by atoms with van der Waals surface area (Å²) in [4.78, 5) is 4.18. The number of pyridine rings is 1. The molecule has 0 saturated carbocycles. The topological polar surface area (TPSA) is 78.8 Å². The fourth-order valence-electron chi connectivity index (χ4n) is 2.10. The molecule has 0 unspecified atom stereocenters. The highest BCUT2D eigenvalue weighted by atomic mass is 16.5.